The summed E-state index contributed by atoms with van der Waals surface area (Å²) in [4.78, 5) is 22.0. The fraction of sp³-hybridized carbons (Fsp3) is 0.393. The Morgan fingerprint density at radius 2 is 1.76 bits per heavy atom. The summed E-state index contributed by atoms with van der Waals surface area (Å²) < 4.78 is 0. The molecule has 3 heterocycles. The van der Waals surface area contributed by atoms with Gasteiger partial charge >= 0.3 is 0 Å². The van der Waals surface area contributed by atoms with Gasteiger partial charge in [0.1, 0.15) is 6.07 Å². The van der Waals surface area contributed by atoms with Gasteiger partial charge < -0.3 is 9.80 Å². The first-order valence-corrected chi connectivity index (χ1v) is 12.6. The molecule has 1 amide bonds. The molecule has 34 heavy (non-hydrogen) atoms. The summed E-state index contributed by atoms with van der Waals surface area (Å²) in [5.41, 5.74) is 3.67. The van der Waals surface area contributed by atoms with Crippen molar-refractivity contribution in [3.63, 3.8) is 0 Å². The Labute approximate surface area is 205 Å². The second-order valence-corrected chi connectivity index (χ2v) is 9.95. The SMILES string of the molecule is N#Cc1cnc2ccc(Cl)cc2c1N1CCC(C(=O)N2CCC(Cc3ccccc3)CC2)CC1. The maximum atomic E-state index is 13.3. The minimum absolute atomic E-state index is 0.0594. The van der Waals surface area contributed by atoms with Crippen LogP contribution in [0, 0.1) is 23.2 Å². The number of anilines is 1. The summed E-state index contributed by atoms with van der Waals surface area (Å²) in [7, 11) is 0. The highest BCUT2D eigenvalue weighted by Gasteiger charge is 2.32. The lowest BCUT2D eigenvalue weighted by molar-refractivity contribution is -0.137. The molecule has 0 unspecified atom stereocenters. The Hall–Kier alpha value is -3.10. The van der Waals surface area contributed by atoms with Crippen molar-refractivity contribution < 1.29 is 4.79 Å². The maximum Gasteiger partial charge on any atom is 0.225 e. The van der Waals surface area contributed by atoms with E-state index in [0.717, 1.165) is 74.9 Å². The van der Waals surface area contributed by atoms with Crippen LogP contribution in [0.15, 0.2) is 54.7 Å². The monoisotopic (exact) mass is 472 g/mol. The van der Waals surface area contributed by atoms with Gasteiger partial charge in [0, 0.05) is 48.7 Å². The first-order valence-electron chi connectivity index (χ1n) is 12.2. The number of nitrogens with zero attached hydrogens (tertiary/aromatic N) is 4. The van der Waals surface area contributed by atoms with Crippen LogP contribution in [0.3, 0.4) is 0 Å². The Bertz CT molecular complexity index is 1210. The quantitative estimate of drug-likeness (QED) is 0.506. The number of likely N-dealkylation sites (tertiary alicyclic amines) is 1. The van der Waals surface area contributed by atoms with Gasteiger partial charge in [0.25, 0.3) is 0 Å². The molecule has 2 aromatic carbocycles. The standard InChI is InChI=1S/C28H29ClN4O/c29-24-6-7-26-25(17-24)27(23(18-30)19-31-26)32-14-10-22(11-15-32)28(34)33-12-8-21(9-13-33)16-20-4-2-1-3-5-20/h1-7,17,19,21-22H,8-16H2. The third-order valence-corrected chi connectivity index (χ3v) is 7.61. The topological polar surface area (TPSA) is 60.2 Å². The zero-order valence-electron chi connectivity index (χ0n) is 19.3. The van der Waals surface area contributed by atoms with E-state index in [1.165, 1.54) is 5.56 Å². The fourth-order valence-corrected chi connectivity index (χ4v) is 5.66. The second kappa shape index (κ2) is 10.0. The van der Waals surface area contributed by atoms with Crippen LogP contribution < -0.4 is 4.90 Å². The molecule has 0 spiro atoms. The molecule has 0 atom stereocenters. The van der Waals surface area contributed by atoms with Gasteiger partial charge in [-0.1, -0.05) is 41.9 Å². The zero-order valence-corrected chi connectivity index (χ0v) is 20.0. The van der Waals surface area contributed by atoms with Crippen molar-refractivity contribution in [2.24, 2.45) is 11.8 Å². The van der Waals surface area contributed by atoms with E-state index >= 15 is 0 Å². The van der Waals surface area contributed by atoms with E-state index in [1.807, 2.05) is 18.2 Å². The molecule has 2 fully saturated rings. The molecular formula is C28H29ClN4O. The highest BCUT2D eigenvalue weighted by Crippen LogP contribution is 2.34. The number of amides is 1. The molecule has 0 bridgehead atoms. The highest BCUT2D eigenvalue weighted by atomic mass is 35.5. The molecule has 2 aliphatic heterocycles. The molecule has 1 aromatic heterocycles. The number of fused-ring (bicyclic) bond motifs is 1. The molecule has 2 saturated heterocycles. The van der Waals surface area contributed by atoms with E-state index in [4.69, 9.17) is 11.6 Å². The normalized spacial score (nSPS) is 17.6. The number of nitriles is 1. The molecular weight excluding hydrogens is 444 g/mol. The van der Waals surface area contributed by atoms with Crippen LogP contribution in [0.5, 0.6) is 0 Å². The predicted octanol–water partition coefficient (Wildman–Crippen LogP) is 5.46. The molecule has 3 aromatic rings. The molecule has 0 saturated carbocycles. The van der Waals surface area contributed by atoms with Gasteiger partial charge in [-0.2, -0.15) is 5.26 Å². The number of rotatable bonds is 4. The van der Waals surface area contributed by atoms with Crippen LogP contribution in [0.1, 0.15) is 36.8 Å². The molecule has 5 rings (SSSR count). The number of benzene rings is 2. The first-order chi connectivity index (χ1) is 16.6. The van der Waals surface area contributed by atoms with Crippen LogP contribution in [0.4, 0.5) is 5.69 Å². The van der Waals surface area contributed by atoms with E-state index in [9.17, 15) is 10.1 Å². The third-order valence-electron chi connectivity index (χ3n) is 7.38. The number of hydrogen-bond donors (Lipinski definition) is 0. The van der Waals surface area contributed by atoms with Gasteiger partial charge in [-0.3, -0.25) is 9.78 Å². The summed E-state index contributed by atoms with van der Waals surface area (Å²) in [6, 6.07) is 18.5. The van der Waals surface area contributed by atoms with E-state index in [1.54, 1.807) is 6.20 Å². The Morgan fingerprint density at radius 1 is 1.03 bits per heavy atom. The minimum Gasteiger partial charge on any atom is -0.370 e. The summed E-state index contributed by atoms with van der Waals surface area (Å²) in [5, 5.41) is 11.2. The van der Waals surface area contributed by atoms with Crippen molar-refractivity contribution in [2.45, 2.75) is 32.1 Å². The summed E-state index contributed by atoms with van der Waals surface area (Å²) in [6.07, 6.45) is 6.51. The van der Waals surface area contributed by atoms with Crippen molar-refractivity contribution in [1.29, 1.82) is 5.26 Å². The molecule has 5 nitrogen and oxygen atoms in total. The number of carbonyl (C=O) groups excluding carboxylic acids is 1. The van der Waals surface area contributed by atoms with Gasteiger partial charge in [-0.25, -0.2) is 0 Å². The summed E-state index contributed by atoms with van der Waals surface area (Å²) in [6.45, 7) is 3.23. The van der Waals surface area contributed by atoms with Crippen LogP contribution in [-0.4, -0.2) is 42.0 Å². The van der Waals surface area contributed by atoms with Crippen LogP contribution >= 0.6 is 11.6 Å². The Kier molecular flexibility index (Phi) is 6.69. The van der Waals surface area contributed by atoms with Crippen LogP contribution in [0.2, 0.25) is 5.02 Å². The summed E-state index contributed by atoms with van der Waals surface area (Å²) >= 11 is 6.25. The molecule has 0 N–H and O–H groups in total. The Balaban J connectivity index is 1.20. The predicted molar refractivity (Wildman–Crippen MR) is 136 cm³/mol. The number of halogens is 1. The number of piperidine rings is 2. The van der Waals surface area contributed by atoms with Gasteiger partial charge in [0.05, 0.1) is 16.8 Å². The number of pyridine rings is 1. The molecule has 0 radical (unpaired) electrons. The molecule has 2 aliphatic rings. The number of carbonyl (C=O) groups is 1. The smallest absolute Gasteiger partial charge is 0.225 e. The van der Waals surface area contributed by atoms with Gasteiger partial charge in [0.2, 0.25) is 5.91 Å². The second-order valence-electron chi connectivity index (χ2n) is 9.51. The van der Waals surface area contributed by atoms with Crippen molar-refractivity contribution in [3.05, 3.63) is 70.9 Å². The highest BCUT2D eigenvalue weighted by molar-refractivity contribution is 6.31. The summed E-state index contributed by atoms with van der Waals surface area (Å²) in [5.74, 6) is 1.02. The van der Waals surface area contributed by atoms with Crippen molar-refractivity contribution in [1.82, 2.24) is 9.88 Å². The average molecular weight is 473 g/mol. The lowest BCUT2D eigenvalue weighted by Crippen LogP contribution is -2.45. The van der Waals surface area contributed by atoms with Crippen molar-refractivity contribution in [3.8, 4) is 6.07 Å². The number of hydrogen-bond acceptors (Lipinski definition) is 4. The van der Waals surface area contributed by atoms with E-state index in [2.05, 4.69) is 51.2 Å². The van der Waals surface area contributed by atoms with Crippen LogP contribution in [-0.2, 0) is 11.2 Å². The lowest BCUT2D eigenvalue weighted by atomic mass is 9.88. The average Bonchev–Trinajstić information content (AvgIpc) is 2.88. The fourth-order valence-electron chi connectivity index (χ4n) is 5.49. The molecule has 174 valence electrons. The zero-order chi connectivity index (χ0) is 23.5. The lowest BCUT2D eigenvalue weighted by Gasteiger charge is -2.38. The minimum atomic E-state index is 0.0594. The Morgan fingerprint density at radius 3 is 2.47 bits per heavy atom. The molecule has 6 heteroatoms. The third kappa shape index (κ3) is 4.74. The van der Waals surface area contributed by atoms with E-state index in [0.29, 0.717) is 22.4 Å². The van der Waals surface area contributed by atoms with Gasteiger partial charge in [-0.05, 0) is 61.8 Å². The number of aromatic nitrogens is 1. The van der Waals surface area contributed by atoms with E-state index < -0.39 is 0 Å². The van der Waals surface area contributed by atoms with Crippen LogP contribution in [0.25, 0.3) is 10.9 Å². The van der Waals surface area contributed by atoms with E-state index in [-0.39, 0.29) is 5.92 Å². The largest absolute Gasteiger partial charge is 0.370 e. The molecule has 0 aliphatic carbocycles. The van der Waals surface area contributed by atoms with Gasteiger partial charge in [0.15, 0.2) is 0 Å². The first kappa shape index (κ1) is 22.7. The van der Waals surface area contributed by atoms with Crippen molar-refractivity contribution in [2.75, 3.05) is 31.1 Å². The van der Waals surface area contributed by atoms with Crippen molar-refractivity contribution >= 4 is 34.1 Å². The maximum absolute atomic E-state index is 13.3. The van der Waals surface area contributed by atoms with Gasteiger partial charge in [-0.15, -0.1) is 0 Å².